The van der Waals surface area contributed by atoms with Gasteiger partial charge < -0.3 is 34.7 Å². The van der Waals surface area contributed by atoms with Crippen molar-refractivity contribution in [3.05, 3.63) is 42.2 Å². The van der Waals surface area contributed by atoms with Crippen molar-refractivity contribution in [3.8, 4) is 5.88 Å². The maximum Gasteiger partial charge on any atom is 0.327 e. The molecule has 5 N–H and O–H groups in total. The lowest BCUT2D eigenvalue weighted by molar-refractivity contribution is -0.150. The van der Waals surface area contributed by atoms with Crippen LogP contribution >= 0.6 is 18.1 Å². The van der Waals surface area contributed by atoms with Crippen LogP contribution in [0.25, 0.3) is 11.2 Å². The van der Waals surface area contributed by atoms with Crippen molar-refractivity contribution in [2.45, 2.75) is 50.0 Å². The number of benzene rings is 1. The van der Waals surface area contributed by atoms with Crippen LogP contribution in [0.4, 0.5) is 5.95 Å². The second-order valence-electron chi connectivity index (χ2n) is 9.37. The van der Waals surface area contributed by atoms with Crippen molar-refractivity contribution >= 4 is 41.2 Å². The first kappa shape index (κ1) is 27.8. The normalized spacial score (nSPS) is 31.4. The van der Waals surface area contributed by atoms with E-state index in [4.69, 9.17) is 24.5 Å². The van der Waals surface area contributed by atoms with Gasteiger partial charge >= 0.3 is 12.7 Å². The van der Waals surface area contributed by atoms with E-state index in [0.717, 1.165) is 16.9 Å². The van der Waals surface area contributed by atoms with Gasteiger partial charge in [0.15, 0.2) is 17.4 Å². The Balaban J connectivity index is 1.23. The minimum absolute atomic E-state index is 0.0761. The van der Waals surface area contributed by atoms with Crippen molar-refractivity contribution in [1.29, 1.82) is 0 Å². The summed E-state index contributed by atoms with van der Waals surface area (Å²) in [5, 5.41) is 24.7. The Morgan fingerprint density at radius 1 is 1.38 bits per heavy atom. The molecule has 0 spiro atoms. The molecule has 210 valence electrons. The van der Waals surface area contributed by atoms with Crippen LogP contribution in [0.2, 0.25) is 0 Å². The van der Waals surface area contributed by atoms with Crippen LogP contribution < -0.4 is 15.6 Å². The van der Waals surface area contributed by atoms with Gasteiger partial charge in [-0.3, -0.25) is 13.9 Å². The molecule has 0 radical (unpaired) electrons. The summed E-state index contributed by atoms with van der Waals surface area (Å²) in [7, 11) is 1.41. The molecule has 2 aromatic heterocycles. The van der Waals surface area contributed by atoms with Gasteiger partial charge in [-0.15, -0.1) is 0 Å². The molecule has 0 aliphatic carbocycles. The number of nitrogen functional groups attached to an aromatic ring is 1. The van der Waals surface area contributed by atoms with E-state index in [1.54, 1.807) is 6.92 Å². The molecule has 2 aliphatic rings. The Bertz CT molecular complexity index is 1410. The van der Waals surface area contributed by atoms with E-state index < -0.39 is 48.9 Å². The van der Waals surface area contributed by atoms with Gasteiger partial charge in [0.2, 0.25) is 11.8 Å². The molecule has 1 aromatic carbocycles. The number of esters is 1. The Morgan fingerprint density at radius 2 is 2.13 bits per heavy atom. The van der Waals surface area contributed by atoms with Crippen LogP contribution in [0.15, 0.2) is 36.7 Å². The highest BCUT2D eigenvalue weighted by molar-refractivity contribution is 8.56. The van der Waals surface area contributed by atoms with Crippen molar-refractivity contribution in [1.82, 2.24) is 24.6 Å². The van der Waals surface area contributed by atoms with Crippen molar-refractivity contribution in [2.75, 3.05) is 25.2 Å². The van der Waals surface area contributed by atoms with Gasteiger partial charge in [-0.05, 0) is 19.4 Å². The summed E-state index contributed by atoms with van der Waals surface area (Å²) >= 11 is 0.956. The number of aliphatic hydroxyl groups is 2. The second-order valence-corrected chi connectivity index (χ2v) is 13.7. The molecular formula is C23H29N6O8PS. The zero-order valence-electron chi connectivity index (χ0n) is 21.3. The topological polar surface area (TPSA) is 193 Å². The third-order valence-electron chi connectivity index (χ3n) is 6.59. The first-order valence-corrected chi connectivity index (χ1v) is 15.3. The highest BCUT2D eigenvalue weighted by Crippen LogP contribution is 2.61. The Morgan fingerprint density at radius 3 is 2.85 bits per heavy atom. The number of nitrogens with zero attached hydrogens (tertiary/aromatic N) is 4. The fourth-order valence-corrected chi connectivity index (χ4v) is 8.33. The molecule has 0 bridgehead atoms. The fraction of sp³-hybridized carbons (Fsp3) is 0.478. The van der Waals surface area contributed by atoms with E-state index in [1.165, 1.54) is 24.9 Å². The zero-order valence-corrected chi connectivity index (χ0v) is 23.0. The first-order chi connectivity index (χ1) is 18.5. The number of methoxy groups -OCH3 is 1. The van der Waals surface area contributed by atoms with Crippen molar-refractivity contribution in [3.63, 3.8) is 0 Å². The number of carbonyl (C=O) groups excluding carboxylic acids is 1. The van der Waals surface area contributed by atoms with Crippen LogP contribution in [0.1, 0.15) is 31.7 Å². The lowest BCUT2D eigenvalue weighted by atomic mass is 9.96. The summed E-state index contributed by atoms with van der Waals surface area (Å²) in [6.45, 7) is -0.719. The predicted molar refractivity (Wildman–Crippen MR) is 141 cm³/mol. The summed E-state index contributed by atoms with van der Waals surface area (Å²) in [6.07, 6.45) is -2.75. The average Bonchev–Trinajstić information content (AvgIpc) is 3.57. The number of anilines is 1. The summed E-state index contributed by atoms with van der Waals surface area (Å²) in [6, 6.07) is 8.43. The third kappa shape index (κ3) is 5.35. The summed E-state index contributed by atoms with van der Waals surface area (Å²) in [5.74, 6) is -0.310. The average molecular weight is 581 g/mol. The number of rotatable bonds is 8. The molecule has 0 saturated carbocycles. The number of nitrogens with two attached hydrogens (primary N) is 1. The quantitative estimate of drug-likeness (QED) is 0.221. The number of imidazole rings is 1. The van der Waals surface area contributed by atoms with Crippen molar-refractivity contribution in [2.24, 2.45) is 0 Å². The van der Waals surface area contributed by atoms with Crippen molar-refractivity contribution < 1.29 is 38.3 Å². The number of hydrogen-bond donors (Lipinski definition) is 4. The highest BCUT2D eigenvalue weighted by atomic mass is 32.7. The molecule has 2 fully saturated rings. The molecular weight excluding hydrogens is 551 g/mol. The molecule has 16 heteroatoms. The van der Waals surface area contributed by atoms with Crippen LogP contribution in [0.3, 0.4) is 0 Å². The number of ether oxygens (including phenoxy) is 3. The third-order valence-corrected chi connectivity index (χ3v) is 10.6. The Labute approximate surface area is 227 Å². The van der Waals surface area contributed by atoms with Gasteiger partial charge in [-0.1, -0.05) is 41.7 Å². The van der Waals surface area contributed by atoms with E-state index in [0.29, 0.717) is 0 Å². The number of aliphatic hydroxyl groups excluding tert-OH is 1. The van der Waals surface area contributed by atoms with Gasteiger partial charge in [0.1, 0.15) is 30.0 Å². The van der Waals surface area contributed by atoms with Gasteiger partial charge in [0, 0.05) is 5.75 Å². The summed E-state index contributed by atoms with van der Waals surface area (Å²) in [4.78, 5) is 25.0. The molecule has 2 aliphatic heterocycles. The van der Waals surface area contributed by atoms with Gasteiger partial charge in [-0.2, -0.15) is 9.97 Å². The number of nitrogens with one attached hydrogen (secondary N) is 1. The minimum Gasteiger partial charge on any atom is -0.479 e. The number of carbonyl (C=O) groups is 1. The minimum atomic E-state index is -3.53. The van der Waals surface area contributed by atoms with E-state index in [-0.39, 0.29) is 35.4 Å². The summed E-state index contributed by atoms with van der Waals surface area (Å²) in [5.41, 5.74) is 5.33. The Hall–Kier alpha value is -2.78. The maximum absolute atomic E-state index is 13.3. The lowest BCUT2D eigenvalue weighted by Crippen LogP contribution is -2.44. The maximum atomic E-state index is 13.3. The standard InChI is InChI=1S/C23H29N6O8PS/c1-12(13-7-5-4-6-8-13)36-20(31)14-10-39-38(33,28-14)35-9-15-17(30)23(2,32)21(37-15)29-11-25-16-18(29)26-22(24)27-19(16)34-3/h4-8,11-12,14-15,17,21,30,32H,9-10H2,1-3H3,(H,28,33)(H2,24,26,27)/t12-,14-,15?,17+,21+,23+,38-/m0/s1. The molecule has 14 nitrogen and oxygen atoms in total. The van der Waals surface area contributed by atoms with Crippen LogP contribution in [-0.4, -0.2) is 79.0 Å². The van der Waals surface area contributed by atoms with Crippen LogP contribution in [0, 0.1) is 0 Å². The SMILES string of the molecule is COc1nc(N)nc2c1ncn2[C@@H]1OC(CO[P@@]2(=O)N[C@H](C(=O)O[C@@H](C)c3ccccc3)CS2)[C@@H](O)[C@@]1(C)O. The molecule has 4 heterocycles. The van der Waals surface area contributed by atoms with Crippen LogP contribution in [0.5, 0.6) is 5.88 Å². The zero-order chi connectivity index (χ0) is 27.9. The molecule has 7 atom stereocenters. The second kappa shape index (κ2) is 10.7. The smallest absolute Gasteiger partial charge is 0.327 e. The number of hydrogen-bond acceptors (Lipinski definition) is 13. The summed E-state index contributed by atoms with van der Waals surface area (Å²) < 4.78 is 37.0. The highest BCUT2D eigenvalue weighted by Gasteiger charge is 2.54. The molecule has 1 unspecified atom stereocenters. The van der Waals surface area contributed by atoms with E-state index >= 15 is 0 Å². The molecule has 39 heavy (non-hydrogen) atoms. The molecule has 2 saturated heterocycles. The molecule has 3 aromatic rings. The monoisotopic (exact) mass is 580 g/mol. The number of aromatic nitrogens is 4. The van der Waals surface area contributed by atoms with Gasteiger partial charge in [0.25, 0.3) is 0 Å². The predicted octanol–water partition coefficient (Wildman–Crippen LogP) is 1.56. The largest absolute Gasteiger partial charge is 0.479 e. The van der Waals surface area contributed by atoms with E-state index in [9.17, 15) is 19.6 Å². The first-order valence-electron chi connectivity index (χ1n) is 12.0. The molecule has 5 rings (SSSR count). The Kier molecular flexibility index (Phi) is 7.59. The van der Waals surface area contributed by atoms with E-state index in [2.05, 4.69) is 20.0 Å². The van der Waals surface area contributed by atoms with E-state index in [1.807, 2.05) is 30.3 Å². The fourth-order valence-electron chi connectivity index (χ4n) is 4.45. The van der Waals surface area contributed by atoms with Gasteiger partial charge in [0.05, 0.1) is 20.0 Å². The molecule has 0 amide bonds. The van der Waals surface area contributed by atoms with Gasteiger partial charge in [-0.25, -0.2) is 10.1 Å². The van der Waals surface area contributed by atoms with Crippen LogP contribution in [-0.2, 0) is 23.4 Å². The lowest BCUT2D eigenvalue weighted by Gasteiger charge is -2.27. The number of fused-ring (bicyclic) bond motifs is 1.